The van der Waals surface area contributed by atoms with E-state index in [9.17, 15) is 9.59 Å². The lowest BCUT2D eigenvalue weighted by molar-refractivity contribution is -0.130. The Hall–Kier alpha value is -2.91. The number of carbonyl (C=O) groups is 2. The standard InChI is InChI=1S/C20H20ClN5O3S/c1-13-16(4-9-29-13)19(28)24-20-23-15(12-30-20)10-18(27)26-7-5-25(6-8-26)17-3-2-14(21)11-22-17/h2-4,9,11-12H,5-8,10H2,1H3,(H,23,24,28). The first-order chi connectivity index (χ1) is 14.5. The summed E-state index contributed by atoms with van der Waals surface area (Å²) in [7, 11) is 0. The van der Waals surface area contributed by atoms with Crippen molar-refractivity contribution in [2.45, 2.75) is 13.3 Å². The molecule has 10 heteroatoms. The van der Waals surface area contributed by atoms with E-state index in [1.165, 1.54) is 17.6 Å². The molecule has 0 saturated carbocycles. The highest BCUT2D eigenvalue weighted by atomic mass is 35.5. The van der Waals surface area contributed by atoms with Crippen LogP contribution in [0.25, 0.3) is 0 Å². The van der Waals surface area contributed by atoms with Gasteiger partial charge in [-0.2, -0.15) is 0 Å². The summed E-state index contributed by atoms with van der Waals surface area (Å²) in [5.74, 6) is 1.15. The molecule has 0 aromatic carbocycles. The van der Waals surface area contributed by atoms with Gasteiger partial charge < -0.3 is 14.2 Å². The second kappa shape index (κ2) is 8.85. The fourth-order valence-electron chi connectivity index (χ4n) is 3.24. The zero-order chi connectivity index (χ0) is 21.1. The Balaban J connectivity index is 1.29. The van der Waals surface area contributed by atoms with Crippen LogP contribution in [0.5, 0.6) is 0 Å². The number of aromatic nitrogens is 2. The number of furan rings is 1. The lowest BCUT2D eigenvalue weighted by atomic mass is 10.2. The van der Waals surface area contributed by atoms with Crippen LogP contribution in [0, 0.1) is 6.92 Å². The molecule has 0 bridgehead atoms. The number of anilines is 2. The van der Waals surface area contributed by atoms with E-state index in [0.717, 1.165) is 5.82 Å². The van der Waals surface area contributed by atoms with E-state index in [-0.39, 0.29) is 18.2 Å². The summed E-state index contributed by atoms with van der Waals surface area (Å²) in [5, 5.41) is 5.61. The van der Waals surface area contributed by atoms with Crippen molar-refractivity contribution in [3.8, 4) is 0 Å². The molecule has 1 aliphatic rings. The minimum Gasteiger partial charge on any atom is -0.469 e. The third-order valence-electron chi connectivity index (χ3n) is 4.88. The number of amides is 2. The van der Waals surface area contributed by atoms with Gasteiger partial charge >= 0.3 is 0 Å². The minimum atomic E-state index is -0.277. The largest absolute Gasteiger partial charge is 0.469 e. The summed E-state index contributed by atoms with van der Waals surface area (Å²) >= 11 is 7.19. The average Bonchev–Trinajstić information content (AvgIpc) is 3.37. The maximum absolute atomic E-state index is 12.7. The van der Waals surface area contributed by atoms with Crippen LogP contribution in [0.15, 0.2) is 40.5 Å². The van der Waals surface area contributed by atoms with Gasteiger partial charge in [-0.15, -0.1) is 11.3 Å². The van der Waals surface area contributed by atoms with Crippen molar-refractivity contribution in [2.75, 3.05) is 36.4 Å². The molecule has 0 atom stereocenters. The number of carbonyl (C=O) groups excluding carboxylic acids is 2. The Kier molecular flexibility index (Phi) is 6.01. The molecule has 8 nitrogen and oxygen atoms in total. The van der Waals surface area contributed by atoms with Crippen LogP contribution < -0.4 is 10.2 Å². The Morgan fingerprint density at radius 2 is 2.03 bits per heavy atom. The Bertz CT molecular complexity index is 1040. The molecule has 3 aromatic heterocycles. The molecule has 1 aliphatic heterocycles. The highest BCUT2D eigenvalue weighted by Gasteiger charge is 2.23. The van der Waals surface area contributed by atoms with Crippen molar-refractivity contribution in [3.05, 3.63) is 58.1 Å². The van der Waals surface area contributed by atoms with E-state index in [2.05, 4.69) is 20.2 Å². The quantitative estimate of drug-likeness (QED) is 0.648. The molecule has 0 aliphatic carbocycles. The molecule has 0 radical (unpaired) electrons. The van der Waals surface area contributed by atoms with E-state index >= 15 is 0 Å². The molecule has 30 heavy (non-hydrogen) atoms. The molecule has 1 fully saturated rings. The van der Waals surface area contributed by atoms with Crippen LogP contribution in [-0.2, 0) is 11.2 Å². The molecule has 0 unspecified atom stereocenters. The summed E-state index contributed by atoms with van der Waals surface area (Å²) in [6.07, 6.45) is 3.30. The molecular weight excluding hydrogens is 426 g/mol. The van der Waals surface area contributed by atoms with Gasteiger partial charge in [0.25, 0.3) is 5.91 Å². The van der Waals surface area contributed by atoms with Gasteiger partial charge in [-0.05, 0) is 25.1 Å². The lowest BCUT2D eigenvalue weighted by Gasteiger charge is -2.35. The van der Waals surface area contributed by atoms with Gasteiger partial charge in [-0.1, -0.05) is 11.6 Å². The zero-order valence-electron chi connectivity index (χ0n) is 16.3. The number of rotatable bonds is 5. The van der Waals surface area contributed by atoms with Crippen molar-refractivity contribution < 1.29 is 14.0 Å². The molecule has 1 saturated heterocycles. The first-order valence-electron chi connectivity index (χ1n) is 9.44. The fraction of sp³-hybridized carbons (Fsp3) is 0.300. The Morgan fingerprint density at radius 3 is 2.70 bits per heavy atom. The predicted octanol–water partition coefficient (Wildman–Crippen LogP) is 3.24. The van der Waals surface area contributed by atoms with E-state index in [1.807, 2.05) is 17.0 Å². The fourth-order valence-corrected chi connectivity index (χ4v) is 4.05. The smallest absolute Gasteiger partial charge is 0.260 e. The first-order valence-corrected chi connectivity index (χ1v) is 10.7. The van der Waals surface area contributed by atoms with Crippen LogP contribution in [0.3, 0.4) is 0 Å². The predicted molar refractivity (Wildman–Crippen MR) is 115 cm³/mol. The Morgan fingerprint density at radius 1 is 1.23 bits per heavy atom. The molecule has 4 rings (SSSR count). The monoisotopic (exact) mass is 445 g/mol. The van der Waals surface area contributed by atoms with Crippen molar-refractivity contribution in [3.63, 3.8) is 0 Å². The summed E-state index contributed by atoms with van der Waals surface area (Å²) in [5.41, 5.74) is 1.11. The van der Waals surface area contributed by atoms with Crippen molar-refractivity contribution >= 4 is 45.7 Å². The highest BCUT2D eigenvalue weighted by Crippen LogP contribution is 2.20. The average molecular weight is 446 g/mol. The number of nitrogens with one attached hydrogen (secondary N) is 1. The van der Waals surface area contributed by atoms with Gasteiger partial charge in [0.2, 0.25) is 5.91 Å². The molecule has 3 aromatic rings. The zero-order valence-corrected chi connectivity index (χ0v) is 17.9. The lowest BCUT2D eigenvalue weighted by Crippen LogP contribution is -2.49. The van der Waals surface area contributed by atoms with Crippen molar-refractivity contribution in [1.29, 1.82) is 0 Å². The van der Waals surface area contributed by atoms with Gasteiger partial charge in [0.1, 0.15) is 11.6 Å². The third kappa shape index (κ3) is 4.63. The van der Waals surface area contributed by atoms with Gasteiger partial charge in [-0.25, -0.2) is 9.97 Å². The number of nitrogens with zero attached hydrogens (tertiary/aromatic N) is 4. The van der Waals surface area contributed by atoms with E-state index in [1.54, 1.807) is 24.6 Å². The maximum Gasteiger partial charge on any atom is 0.260 e. The van der Waals surface area contributed by atoms with E-state index in [0.29, 0.717) is 53.4 Å². The summed E-state index contributed by atoms with van der Waals surface area (Å²) in [6, 6.07) is 5.31. The normalized spacial score (nSPS) is 14.1. The van der Waals surface area contributed by atoms with Crippen molar-refractivity contribution in [1.82, 2.24) is 14.9 Å². The third-order valence-corrected chi connectivity index (χ3v) is 5.91. The summed E-state index contributed by atoms with van der Waals surface area (Å²) in [4.78, 5) is 37.6. The Labute approximate surface area is 182 Å². The second-order valence-corrected chi connectivity index (χ2v) is 8.16. The maximum atomic E-state index is 12.7. The topological polar surface area (TPSA) is 91.6 Å². The second-order valence-electron chi connectivity index (χ2n) is 6.87. The minimum absolute atomic E-state index is 0.0209. The van der Waals surface area contributed by atoms with Crippen LogP contribution >= 0.6 is 22.9 Å². The molecule has 4 heterocycles. The van der Waals surface area contributed by atoms with Gasteiger partial charge in [0.05, 0.1) is 29.0 Å². The SMILES string of the molecule is Cc1occc1C(=O)Nc1nc(CC(=O)N2CCN(c3ccc(Cl)cn3)CC2)cs1. The molecule has 2 amide bonds. The number of hydrogen-bond donors (Lipinski definition) is 1. The van der Waals surface area contributed by atoms with Gasteiger partial charge in [0.15, 0.2) is 5.13 Å². The van der Waals surface area contributed by atoms with E-state index in [4.69, 9.17) is 16.0 Å². The number of piperazine rings is 1. The van der Waals surface area contributed by atoms with Crippen LogP contribution in [0.1, 0.15) is 21.8 Å². The first kappa shape index (κ1) is 20.4. The molecule has 0 spiro atoms. The number of aryl methyl sites for hydroxylation is 1. The van der Waals surface area contributed by atoms with Crippen LogP contribution in [0.2, 0.25) is 5.02 Å². The number of pyridine rings is 1. The number of thiazole rings is 1. The molecular formula is C20H20ClN5O3S. The molecule has 156 valence electrons. The van der Waals surface area contributed by atoms with Crippen molar-refractivity contribution in [2.24, 2.45) is 0 Å². The highest BCUT2D eigenvalue weighted by molar-refractivity contribution is 7.14. The van der Waals surface area contributed by atoms with Crippen LogP contribution in [-0.4, -0.2) is 52.9 Å². The van der Waals surface area contributed by atoms with Crippen LogP contribution in [0.4, 0.5) is 10.9 Å². The molecule has 1 N–H and O–H groups in total. The summed E-state index contributed by atoms with van der Waals surface area (Å²) < 4.78 is 5.15. The number of hydrogen-bond acceptors (Lipinski definition) is 7. The number of halogens is 1. The van der Waals surface area contributed by atoms with Gasteiger partial charge in [0, 0.05) is 37.8 Å². The summed E-state index contributed by atoms with van der Waals surface area (Å²) in [6.45, 7) is 4.39. The van der Waals surface area contributed by atoms with Gasteiger partial charge in [-0.3, -0.25) is 14.9 Å². The van der Waals surface area contributed by atoms with E-state index < -0.39 is 0 Å².